The number of hydrogen-bond acceptors (Lipinski definition) is 5. The molecule has 0 aromatic heterocycles. The van der Waals surface area contributed by atoms with Gasteiger partial charge in [-0.25, -0.2) is 4.79 Å². The van der Waals surface area contributed by atoms with Crippen LogP contribution in [0.2, 0.25) is 0 Å². The Labute approximate surface area is 137 Å². The highest BCUT2D eigenvalue weighted by Crippen LogP contribution is 2.21. The summed E-state index contributed by atoms with van der Waals surface area (Å²) in [6.07, 6.45) is 0. The summed E-state index contributed by atoms with van der Waals surface area (Å²) >= 11 is 0. The van der Waals surface area contributed by atoms with Crippen molar-refractivity contribution in [1.82, 2.24) is 5.32 Å². The third kappa shape index (κ3) is 3.86. The van der Waals surface area contributed by atoms with E-state index in [-0.39, 0.29) is 11.3 Å². The van der Waals surface area contributed by atoms with Gasteiger partial charge in [0, 0.05) is 11.8 Å². The summed E-state index contributed by atoms with van der Waals surface area (Å²) in [4.78, 5) is 34.2. The van der Waals surface area contributed by atoms with Gasteiger partial charge in [0.05, 0.1) is 12.0 Å². The van der Waals surface area contributed by atoms with Crippen molar-refractivity contribution in [3.63, 3.8) is 0 Å². The van der Waals surface area contributed by atoms with Gasteiger partial charge in [-0.05, 0) is 36.8 Å². The van der Waals surface area contributed by atoms with Crippen LogP contribution in [0.4, 0.5) is 16.2 Å². The van der Waals surface area contributed by atoms with Gasteiger partial charge < -0.3 is 10.1 Å². The van der Waals surface area contributed by atoms with Gasteiger partial charge in [-0.1, -0.05) is 12.1 Å². The number of aryl methyl sites for hydroxylation is 1. The van der Waals surface area contributed by atoms with E-state index >= 15 is 0 Å². The SMILES string of the molecule is COc1ccc(NC(=O)NC(=O)c2ccccc2[N+](=O)[O-])cc1C. The van der Waals surface area contributed by atoms with Crippen molar-refractivity contribution in [2.24, 2.45) is 0 Å². The minimum Gasteiger partial charge on any atom is -0.496 e. The molecule has 2 aromatic carbocycles. The van der Waals surface area contributed by atoms with Gasteiger partial charge >= 0.3 is 6.03 Å². The second-order valence-electron chi connectivity index (χ2n) is 4.87. The molecule has 0 radical (unpaired) electrons. The fourth-order valence-corrected chi connectivity index (χ4v) is 2.11. The van der Waals surface area contributed by atoms with Crippen molar-refractivity contribution in [3.05, 3.63) is 63.7 Å². The number of urea groups is 1. The Hall–Kier alpha value is -3.42. The van der Waals surface area contributed by atoms with Gasteiger partial charge in [0.1, 0.15) is 11.3 Å². The van der Waals surface area contributed by atoms with Gasteiger partial charge in [0.15, 0.2) is 0 Å². The summed E-state index contributed by atoms with van der Waals surface area (Å²) in [7, 11) is 1.54. The summed E-state index contributed by atoms with van der Waals surface area (Å²) in [5.41, 5.74) is 0.702. The van der Waals surface area contributed by atoms with Crippen LogP contribution in [0.1, 0.15) is 15.9 Å². The number of nitrogens with zero attached hydrogens (tertiary/aromatic N) is 1. The number of nitrogens with one attached hydrogen (secondary N) is 2. The lowest BCUT2D eigenvalue weighted by Gasteiger charge is -2.09. The van der Waals surface area contributed by atoms with Gasteiger partial charge in [-0.3, -0.25) is 20.2 Å². The molecular weight excluding hydrogens is 314 g/mol. The molecule has 0 fully saturated rings. The first-order chi connectivity index (χ1) is 11.4. The zero-order chi connectivity index (χ0) is 17.7. The number of methoxy groups -OCH3 is 1. The van der Waals surface area contributed by atoms with Crippen LogP contribution >= 0.6 is 0 Å². The van der Waals surface area contributed by atoms with E-state index < -0.39 is 16.9 Å². The molecule has 0 atom stereocenters. The smallest absolute Gasteiger partial charge is 0.326 e. The van der Waals surface area contributed by atoms with Crippen LogP contribution in [0.25, 0.3) is 0 Å². The molecule has 2 rings (SSSR count). The largest absolute Gasteiger partial charge is 0.496 e. The predicted octanol–water partition coefficient (Wildman–Crippen LogP) is 2.87. The summed E-state index contributed by atoms with van der Waals surface area (Å²) in [5.74, 6) is -0.193. The molecule has 124 valence electrons. The monoisotopic (exact) mass is 329 g/mol. The van der Waals surface area contributed by atoms with Crippen molar-refractivity contribution in [3.8, 4) is 5.75 Å². The average molecular weight is 329 g/mol. The summed E-state index contributed by atoms with van der Waals surface area (Å²) in [6, 6.07) is 9.56. The topological polar surface area (TPSA) is 111 Å². The average Bonchev–Trinajstić information content (AvgIpc) is 2.54. The van der Waals surface area contributed by atoms with E-state index in [1.807, 2.05) is 0 Å². The van der Waals surface area contributed by atoms with Crippen LogP contribution in [0.15, 0.2) is 42.5 Å². The highest BCUT2D eigenvalue weighted by atomic mass is 16.6. The lowest BCUT2D eigenvalue weighted by atomic mass is 10.1. The number of carbonyl (C=O) groups excluding carboxylic acids is 2. The normalized spacial score (nSPS) is 9.92. The molecule has 0 saturated heterocycles. The van der Waals surface area contributed by atoms with Crippen LogP contribution in [-0.2, 0) is 0 Å². The van der Waals surface area contributed by atoms with Gasteiger partial charge in [-0.2, -0.15) is 0 Å². The molecule has 0 spiro atoms. The Kier molecular flexibility index (Phi) is 5.10. The van der Waals surface area contributed by atoms with Crippen molar-refractivity contribution < 1.29 is 19.2 Å². The molecule has 3 amide bonds. The number of ether oxygens (including phenoxy) is 1. The van der Waals surface area contributed by atoms with Crippen LogP contribution in [0.3, 0.4) is 0 Å². The number of hydrogen-bond donors (Lipinski definition) is 2. The molecule has 0 unspecified atom stereocenters. The van der Waals surface area contributed by atoms with Gasteiger partial charge in [-0.15, -0.1) is 0 Å². The Balaban J connectivity index is 2.09. The standard InChI is InChI=1S/C16H15N3O5/c1-10-9-11(7-8-14(10)24-2)17-16(21)18-15(20)12-5-3-4-6-13(12)19(22)23/h3-9H,1-2H3,(H2,17,18,20,21). The third-order valence-electron chi connectivity index (χ3n) is 3.23. The minimum absolute atomic E-state index is 0.191. The Morgan fingerprint density at radius 3 is 2.50 bits per heavy atom. The molecule has 2 N–H and O–H groups in total. The van der Waals surface area contributed by atoms with Crippen LogP contribution < -0.4 is 15.4 Å². The van der Waals surface area contributed by atoms with E-state index in [1.54, 1.807) is 25.1 Å². The first-order valence-corrected chi connectivity index (χ1v) is 6.92. The predicted molar refractivity (Wildman–Crippen MR) is 87.3 cm³/mol. The zero-order valence-corrected chi connectivity index (χ0v) is 13.0. The number of nitro benzene ring substituents is 1. The number of carbonyl (C=O) groups is 2. The number of imide groups is 1. The van der Waals surface area contributed by atoms with E-state index in [0.29, 0.717) is 11.4 Å². The maximum absolute atomic E-state index is 12.0. The van der Waals surface area contributed by atoms with Crippen molar-refractivity contribution in [2.45, 2.75) is 6.92 Å². The lowest BCUT2D eigenvalue weighted by Crippen LogP contribution is -2.34. The first kappa shape index (κ1) is 16.9. The maximum atomic E-state index is 12.0. The van der Waals surface area contributed by atoms with Crippen molar-refractivity contribution in [1.29, 1.82) is 0 Å². The number of para-hydroxylation sites is 1. The Bertz CT molecular complexity index is 804. The van der Waals surface area contributed by atoms with E-state index in [4.69, 9.17) is 4.74 Å². The molecule has 24 heavy (non-hydrogen) atoms. The third-order valence-corrected chi connectivity index (χ3v) is 3.23. The highest BCUT2D eigenvalue weighted by Gasteiger charge is 2.20. The van der Waals surface area contributed by atoms with Crippen molar-refractivity contribution in [2.75, 3.05) is 12.4 Å². The van der Waals surface area contributed by atoms with Crippen molar-refractivity contribution >= 4 is 23.3 Å². The maximum Gasteiger partial charge on any atom is 0.326 e. The quantitative estimate of drug-likeness (QED) is 0.662. The van der Waals surface area contributed by atoms with E-state index in [2.05, 4.69) is 10.6 Å². The van der Waals surface area contributed by atoms with Gasteiger partial charge in [0.2, 0.25) is 0 Å². The Morgan fingerprint density at radius 1 is 1.17 bits per heavy atom. The molecule has 0 heterocycles. The number of rotatable bonds is 4. The number of benzene rings is 2. The molecule has 0 aliphatic heterocycles. The fraction of sp³-hybridized carbons (Fsp3) is 0.125. The van der Waals surface area contributed by atoms with Crippen LogP contribution in [-0.4, -0.2) is 24.0 Å². The highest BCUT2D eigenvalue weighted by molar-refractivity contribution is 6.09. The number of amides is 3. The molecule has 0 saturated carbocycles. The second-order valence-corrected chi connectivity index (χ2v) is 4.87. The lowest BCUT2D eigenvalue weighted by molar-refractivity contribution is -0.385. The number of anilines is 1. The van der Waals surface area contributed by atoms with Crippen LogP contribution in [0.5, 0.6) is 5.75 Å². The summed E-state index contributed by atoms with van der Waals surface area (Å²) in [6.45, 7) is 1.81. The summed E-state index contributed by atoms with van der Waals surface area (Å²) in [5, 5.41) is 15.5. The van der Waals surface area contributed by atoms with E-state index in [9.17, 15) is 19.7 Å². The molecule has 8 heteroatoms. The zero-order valence-electron chi connectivity index (χ0n) is 13.0. The molecule has 8 nitrogen and oxygen atoms in total. The van der Waals surface area contributed by atoms with E-state index in [1.165, 1.54) is 31.4 Å². The first-order valence-electron chi connectivity index (χ1n) is 6.92. The molecular formula is C16H15N3O5. The minimum atomic E-state index is -0.856. The molecule has 0 aliphatic carbocycles. The van der Waals surface area contributed by atoms with E-state index in [0.717, 1.165) is 5.56 Å². The summed E-state index contributed by atoms with van der Waals surface area (Å²) < 4.78 is 5.12. The fourth-order valence-electron chi connectivity index (χ4n) is 2.11. The van der Waals surface area contributed by atoms with Gasteiger partial charge in [0.25, 0.3) is 11.6 Å². The second kappa shape index (κ2) is 7.23. The molecule has 2 aromatic rings. The van der Waals surface area contributed by atoms with Crippen LogP contribution in [0, 0.1) is 17.0 Å². The molecule has 0 aliphatic rings. The number of nitro groups is 1. The Morgan fingerprint density at radius 2 is 1.88 bits per heavy atom. The molecule has 0 bridgehead atoms.